The largest absolute Gasteiger partial charge is 0.497 e. The van der Waals surface area contributed by atoms with Crippen molar-refractivity contribution in [2.75, 3.05) is 34.0 Å². The van der Waals surface area contributed by atoms with Crippen LogP contribution in [0.5, 0.6) is 11.5 Å². The summed E-state index contributed by atoms with van der Waals surface area (Å²) < 4.78 is 21.7. The first kappa shape index (κ1) is 24.9. The van der Waals surface area contributed by atoms with Gasteiger partial charge in [-0.3, -0.25) is 0 Å². The van der Waals surface area contributed by atoms with Crippen LogP contribution < -0.4 is 9.47 Å². The number of hydrogen-bond acceptors (Lipinski definition) is 7. The number of ether oxygens (including phenoxy) is 4. The highest BCUT2D eigenvalue weighted by atomic mass is 16.5. The van der Waals surface area contributed by atoms with E-state index < -0.39 is 17.9 Å². The summed E-state index contributed by atoms with van der Waals surface area (Å²) in [5.41, 5.74) is 2.42. The molecule has 0 saturated carbocycles. The van der Waals surface area contributed by atoms with Crippen LogP contribution in [0, 0.1) is 0 Å². The molecule has 0 aromatic heterocycles. The highest BCUT2D eigenvalue weighted by Gasteiger charge is 2.37. The molecule has 34 heavy (non-hydrogen) atoms. The Morgan fingerprint density at radius 1 is 0.853 bits per heavy atom. The molecule has 0 saturated heterocycles. The van der Waals surface area contributed by atoms with E-state index in [4.69, 9.17) is 18.9 Å². The molecule has 1 heterocycles. The first-order valence-corrected chi connectivity index (χ1v) is 11.3. The van der Waals surface area contributed by atoms with Gasteiger partial charge >= 0.3 is 11.9 Å². The summed E-state index contributed by atoms with van der Waals surface area (Å²) in [5.74, 6) is -0.646. The lowest BCUT2D eigenvalue weighted by molar-refractivity contribution is -0.139. The number of methoxy groups -OCH3 is 2. The standard InChI is InChI=1S/C27H31NO6/c1-5-33-26(29)22-17-28(15-14-19-10-8-7-9-11-19)18-23(27(30)34-6-2)25(22)21-16-20(31-3)12-13-24(21)32-4/h7-13,16-18,25H,5-6,14-15H2,1-4H3. The number of rotatable bonds is 10. The van der Waals surface area contributed by atoms with E-state index in [1.165, 1.54) is 0 Å². The molecule has 2 aromatic rings. The average molecular weight is 466 g/mol. The lowest BCUT2D eigenvalue weighted by Gasteiger charge is -2.31. The zero-order valence-corrected chi connectivity index (χ0v) is 20.1. The quantitative estimate of drug-likeness (QED) is 0.486. The molecule has 180 valence electrons. The normalized spacial score (nSPS) is 13.6. The Hall–Kier alpha value is -3.74. The minimum atomic E-state index is -0.740. The Labute approximate surface area is 200 Å². The number of hydrogen-bond donors (Lipinski definition) is 0. The van der Waals surface area contributed by atoms with Crippen LogP contribution in [0.1, 0.15) is 30.9 Å². The van der Waals surface area contributed by atoms with Crippen molar-refractivity contribution in [1.29, 1.82) is 0 Å². The molecule has 0 spiro atoms. The van der Waals surface area contributed by atoms with Gasteiger partial charge in [0.1, 0.15) is 11.5 Å². The Balaban J connectivity index is 2.09. The van der Waals surface area contributed by atoms with Crippen molar-refractivity contribution in [3.8, 4) is 11.5 Å². The minimum absolute atomic E-state index is 0.209. The fraction of sp³-hybridized carbons (Fsp3) is 0.333. The number of carbonyl (C=O) groups excluding carboxylic acids is 2. The zero-order chi connectivity index (χ0) is 24.5. The van der Waals surface area contributed by atoms with Crippen molar-refractivity contribution < 1.29 is 28.5 Å². The minimum Gasteiger partial charge on any atom is -0.497 e. The molecule has 0 atom stereocenters. The summed E-state index contributed by atoms with van der Waals surface area (Å²) in [6, 6.07) is 15.3. The summed E-state index contributed by atoms with van der Waals surface area (Å²) in [4.78, 5) is 28.1. The zero-order valence-electron chi connectivity index (χ0n) is 20.1. The third-order valence-corrected chi connectivity index (χ3v) is 5.50. The third kappa shape index (κ3) is 5.78. The highest BCUT2D eigenvalue weighted by Crippen LogP contribution is 2.42. The second kappa shape index (κ2) is 11.9. The van der Waals surface area contributed by atoms with Crippen LogP contribution in [-0.2, 0) is 25.5 Å². The number of carbonyl (C=O) groups is 2. The van der Waals surface area contributed by atoms with Crippen molar-refractivity contribution in [2.24, 2.45) is 0 Å². The fourth-order valence-corrected chi connectivity index (χ4v) is 3.91. The Kier molecular flexibility index (Phi) is 8.73. The van der Waals surface area contributed by atoms with Crippen molar-refractivity contribution in [1.82, 2.24) is 4.90 Å². The first-order chi connectivity index (χ1) is 16.5. The molecule has 1 aliphatic heterocycles. The van der Waals surface area contributed by atoms with Gasteiger partial charge in [0, 0.05) is 24.5 Å². The molecule has 7 heteroatoms. The van der Waals surface area contributed by atoms with Crippen molar-refractivity contribution in [2.45, 2.75) is 26.2 Å². The number of nitrogens with zero attached hydrogens (tertiary/aromatic N) is 1. The van der Waals surface area contributed by atoms with Gasteiger partial charge in [-0.15, -0.1) is 0 Å². The van der Waals surface area contributed by atoms with Gasteiger partial charge in [-0.2, -0.15) is 0 Å². The molecule has 0 aliphatic carbocycles. The van der Waals surface area contributed by atoms with Crippen LogP contribution in [-0.4, -0.2) is 50.8 Å². The molecule has 0 amide bonds. The molecule has 0 unspecified atom stereocenters. The Morgan fingerprint density at radius 3 is 2.00 bits per heavy atom. The number of benzene rings is 2. The summed E-state index contributed by atoms with van der Waals surface area (Å²) in [5, 5.41) is 0. The molecule has 1 aliphatic rings. The maximum Gasteiger partial charge on any atom is 0.336 e. The molecule has 0 fully saturated rings. The van der Waals surface area contributed by atoms with Crippen LogP contribution in [0.2, 0.25) is 0 Å². The lowest BCUT2D eigenvalue weighted by atomic mass is 9.82. The van der Waals surface area contributed by atoms with E-state index in [1.807, 2.05) is 35.2 Å². The lowest BCUT2D eigenvalue weighted by Crippen LogP contribution is -2.30. The van der Waals surface area contributed by atoms with E-state index in [-0.39, 0.29) is 13.2 Å². The van der Waals surface area contributed by atoms with Crippen molar-refractivity contribution in [3.63, 3.8) is 0 Å². The summed E-state index contributed by atoms with van der Waals surface area (Å²) in [7, 11) is 3.10. The maximum atomic E-state index is 13.1. The summed E-state index contributed by atoms with van der Waals surface area (Å²) >= 11 is 0. The van der Waals surface area contributed by atoms with Gasteiger partial charge in [-0.25, -0.2) is 9.59 Å². The summed E-state index contributed by atoms with van der Waals surface area (Å²) in [6.07, 6.45) is 4.22. The third-order valence-electron chi connectivity index (χ3n) is 5.50. The molecular formula is C27H31NO6. The van der Waals surface area contributed by atoms with E-state index in [2.05, 4.69) is 0 Å². The molecular weight excluding hydrogens is 434 g/mol. The monoisotopic (exact) mass is 465 g/mol. The van der Waals surface area contributed by atoms with Gasteiger partial charge in [-0.05, 0) is 44.0 Å². The van der Waals surface area contributed by atoms with Crippen LogP contribution in [0.4, 0.5) is 0 Å². The Morgan fingerprint density at radius 2 is 1.47 bits per heavy atom. The van der Waals surface area contributed by atoms with Crippen LogP contribution in [0.15, 0.2) is 72.1 Å². The van der Waals surface area contributed by atoms with Crippen molar-refractivity contribution >= 4 is 11.9 Å². The fourth-order valence-electron chi connectivity index (χ4n) is 3.91. The topological polar surface area (TPSA) is 74.3 Å². The second-order valence-electron chi connectivity index (χ2n) is 7.62. The van der Waals surface area contributed by atoms with E-state index in [9.17, 15) is 9.59 Å². The van der Waals surface area contributed by atoms with E-state index >= 15 is 0 Å². The highest BCUT2D eigenvalue weighted by molar-refractivity contribution is 5.99. The molecule has 3 rings (SSSR count). The molecule has 7 nitrogen and oxygen atoms in total. The van der Waals surface area contributed by atoms with Gasteiger partial charge in [0.05, 0.1) is 44.5 Å². The smallest absolute Gasteiger partial charge is 0.336 e. The first-order valence-electron chi connectivity index (χ1n) is 11.3. The van der Waals surface area contributed by atoms with Gasteiger partial charge in [0.25, 0.3) is 0 Å². The SMILES string of the molecule is CCOC(=O)C1=CN(CCc2ccccc2)C=C(C(=O)OCC)C1c1cc(OC)ccc1OC. The predicted molar refractivity (Wildman–Crippen MR) is 129 cm³/mol. The maximum absolute atomic E-state index is 13.1. The second-order valence-corrected chi connectivity index (χ2v) is 7.62. The van der Waals surface area contributed by atoms with E-state index in [1.54, 1.807) is 58.7 Å². The Bertz CT molecular complexity index is 1020. The van der Waals surface area contributed by atoms with Gasteiger partial charge < -0.3 is 23.8 Å². The number of esters is 2. The predicted octanol–water partition coefficient (Wildman–Crippen LogP) is 4.24. The molecule has 0 radical (unpaired) electrons. The van der Waals surface area contributed by atoms with Gasteiger partial charge in [0.15, 0.2) is 0 Å². The average Bonchev–Trinajstić information content (AvgIpc) is 2.87. The summed E-state index contributed by atoms with van der Waals surface area (Å²) in [6.45, 7) is 4.48. The molecule has 0 bridgehead atoms. The van der Waals surface area contributed by atoms with Crippen LogP contribution >= 0.6 is 0 Å². The molecule has 2 aromatic carbocycles. The van der Waals surface area contributed by atoms with Gasteiger partial charge in [0.2, 0.25) is 0 Å². The van der Waals surface area contributed by atoms with Gasteiger partial charge in [-0.1, -0.05) is 30.3 Å². The van der Waals surface area contributed by atoms with E-state index in [0.29, 0.717) is 34.8 Å². The van der Waals surface area contributed by atoms with E-state index in [0.717, 1.165) is 12.0 Å². The van der Waals surface area contributed by atoms with Crippen LogP contribution in [0.25, 0.3) is 0 Å². The van der Waals surface area contributed by atoms with Crippen LogP contribution in [0.3, 0.4) is 0 Å². The molecule has 0 N–H and O–H groups in total. The van der Waals surface area contributed by atoms with Crippen molar-refractivity contribution in [3.05, 3.63) is 83.2 Å².